The van der Waals surface area contributed by atoms with Crippen LogP contribution in [-0.2, 0) is 16.6 Å². The zero-order valence-electron chi connectivity index (χ0n) is 16.4. The summed E-state index contributed by atoms with van der Waals surface area (Å²) in [7, 11) is 1.51. The van der Waals surface area contributed by atoms with Crippen LogP contribution in [0.5, 0.6) is 0 Å². The lowest BCUT2D eigenvalue weighted by molar-refractivity contribution is -0.136. The van der Waals surface area contributed by atoms with Gasteiger partial charge in [0.2, 0.25) is 5.82 Å². The molecule has 1 aromatic carbocycles. The summed E-state index contributed by atoms with van der Waals surface area (Å²) in [6.45, 7) is 3.91. The Morgan fingerprint density at radius 2 is 2.03 bits per heavy atom. The van der Waals surface area contributed by atoms with Gasteiger partial charge in [0.1, 0.15) is 0 Å². The van der Waals surface area contributed by atoms with E-state index in [9.17, 15) is 14.7 Å². The number of rotatable bonds is 5. The number of pyridine rings is 1. The molecule has 2 aromatic heterocycles. The first kappa shape index (κ1) is 18.9. The lowest BCUT2D eigenvalue weighted by Gasteiger charge is -2.26. The Hall–Kier alpha value is -3.42. The molecule has 1 fully saturated rings. The number of amides is 1. The number of aromatic nitrogens is 3. The number of nitrogens with zero attached hydrogens (tertiary/aromatic N) is 4. The Balaban J connectivity index is 1.72. The Kier molecular flexibility index (Phi) is 4.70. The molecule has 8 heteroatoms. The largest absolute Gasteiger partial charge is 0.481 e. The van der Waals surface area contributed by atoms with Gasteiger partial charge in [0.05, 0.1) is 18.3 Å². The van der Waals surface area contributed by atoms with Crippen LogP contribution in [0, 0.1) is 0 Å². The van der Waals surface area contributed by atoms with Crippen LogP contribution in [0.2, 0.25) is 0 Å². The van der Waals surface area contributed by atoms with Crippen molar-refractivity contribution in [1.29, 1.82) is 0 Å². The molecule has 1 aliphatic heterocycles. The van der Waals surface area contributed by atoms with Crippen molar-refractivity contribution in [2.45, 2.75) is 25.2 Å². The molecule has 1 amide bonds. The molecule has 2 N–H and O–H groups in total. The molecule has 0 aliphatic carbocycles. The molecule has 3 heterocycles. The molecule has 0 spiro atoms. The van der Waals surface area contributed by atoms with Crippen LogP contribution in [0.25, 0.3) is 5.65 Å². The van der Waals surface area contributed by atoms with E-state index >= 15 is 0 Å². The number of anilines is 1. The van der Waals surface area contributed by atoms with Crippen molar-refractivity contribution in [1.82, 2.24) is 19.9 Å². The minimum Gasteiger partial charge on any atom is -0.481 e. The van der Waals surface area contributed by atoms with Crippen molar-refractivity contribution in [3.05, 3.63) is 59.5 Å². The standard InChI is InChI=1S/C21H23N5O3/c1-21(15-6-4-3-5-7-15)8-9-25(13-21)16-10-14(11-17(27)28)19-23-18(20(29)22-2)24-26(19)12-16/h3-7,10,12H,8-9,11,13H2,1-2H3,(H,22,29)(H,27,28)/t21-/m0/s1. The van der Waals surface area contributed by atoms with Crippen molar-refractivity contribution in [3.8, 4) is 0 Å². The number of hydrogen-bond donors (Lipinski definition) is 2. The van der Waals surface area contributed by atoms with E-state index < -0.39 is 11.9 Å². The minimum absolute atomic E-state index is 0.0127. The molecule has 0 radical (unpaired) electrons. The van der Waals surface area contributed by atoms with Gasteiger partial charge in [-0.15, -0.1) is 5.10 Å². The van der Waals surface area contributed by atoms with Gasteiger partial charge in [-0.3, -0.25) is 9.59 Å². The van der Waals surface area contributed by atoms with Gasteiger partial charge in [0.15, 0.2) is 5.65 Å². The van der Waals surface area contributed by atoms with Crippen LogP contribution in [0.1, 0.15) is 35.1 Å². The Labute approximate surface area is 168 Å². The molecule has 1 atom stereocenters. The monoisotopic (exact) mass is 393 g/mol. The van der Waals surface area contributed by atoms with Gasteiger partial charge in [-0.2, -0.15) is 0 Å². The van der Waals surface area contributed by atoms with Gasteiger partial charge in [0, 0.05) is 31.1 Å². The molecule has 3 aromatic rings. The summed E-state index contributed by atoms with van der Waals surface area (Å²) in [5.74, 6) is -1.34. The summed E-state index contributed by atoms with van der Waals surface area (Å²) < 4.78 is 1.51. The van der Waals surface area contributed by atoms with Crippen molar-refractivity contribution in [3.63, 3.8) is 0 Å². The molecule has 4 rings (SSSR count). The lowest BCUT2D eigenvalue weighted by Crippen LogP contribution is -2.28. The molecule has 150 valence electrons. The van der Waals surface area contributed by atoms with Crippen molar-refractivity contribution >= 4 is 23.2 Å². The molecular weight excluding hydrogens is 370 g/mol. The van der Waals surface area contributed by atoms with E-state index in [1.54, 1.807) is 0 Å². The maximum Gasteiger partial charge on any atom is 0.307 e. The summed E-state index contributed by atoms with van der Waals surface area (Å²) >= 11 is 0. The van der Waals surface area contributed by atoms with Gasteiger partial charge in [-0.05, 0) is 18.1 Å². The second-order valence-electron chi connectivity index (χ2n) is 7.68. The normalized spacial score (nSPS) is 18.9. The Morgan fingerprint density at radius 1 is 1.28 bits per heavy atom. The number of hydrogen-bond acceptors (Lipinski definition) is 5. The number of aliphatic carboxylic acids is 1. The molecular formula is C21H23N5O3. The second kappa shape index (κ2) is 7.20. The Morgan fingerprint density at radius 3 is 2.72 bits per heavy atom. The SMILES string of the molecule is CNC(=O)c1nc2c(CC(=O)O)cc(N3CC[C@](C)(c4ccccc4)C3)cn2n1. The number of benzene rings is 1. The molecule has 8 nitrogen and oxygen atoms in total. The van der Waals surface area contributed by atoms with Crippen LogP contribution < -0.4 is 10.2 Å². The number of fused-ring (bicyclic) bond motifs is 1. The first-order chi connectivity index (χ1) is 13.9. The van der Waals surface area contributed by atoms with Crippen LogP contribution in [0.15, 0.2) is 42.6 Å². The first-order valence-corrected chi connectivity index (χ1v) is 9.53. The zero-order valence-corrected chi connectivity index (χ0v) is 16.4. The van der Waals surface area contributed by atoms with Gasteiger partial charge >= 0.3 is 5.97 Å². The molecule has 1 saturated heterocycles. The minimum atomic E-state index is -0.955. The van der Waals surface area contributed by atoms with Gasteiger partial charge < -0.3 is 15.3 Å². The topological polar surface area (TPSA) is 99.8 Å². The Bertz CT molecular complexity index is 1080. The van der Waals surface area contributed by atoms with E-state index in [4.69, 9.17) is 0 Å². The number of nitrogens with one attached hydrogen (secondary N) is 1. The number of carboxylic acids is 1. The molecule has 1 aliphatic rings. The summed E-state index contributed by atoms with van der Waals surface area (Å²) in [6.07, 6.45) is 2.62. The fourth-order valence-electron chi connectivity index (χ4n) is 3.97. The maximum absolute atomic E-state index is 11.9. The fourth-order valence-corrected chi connectivity index (χ4v) is 3.97. The second-order valence-corrected chi connectivity index (χ2v) is 7.68. The van der Waals surface area contributed by atoms with E-state index in [0.29, 0.717) is 11.2 Å². The van der Waals surface area contributed by atoms with Crippen molar-refractivity contribution in [2.75, 3.05) is 25.0 Å². The predicted octanol–water partition coefficient (Wildman–Crippen LogP) is 1.88. The highest BCUT2D eigenvalue weighted by atomic mass is 16.4. The van der Waals surface area contributed by atoms with Crippen molar-refractivity contribution in [2.24, 2.45) is 0 Å². The average Bonchev–Trinajstić information content (AvgIpc) is 3.32. The van der Waals surface area contributed by atoms with Gasteiger partial charge in [0.25, 0.3) is 5.91 Å². The summed E-state index contributed by atoms with van der Waals surface area (Å²) in [6, 6.07) is 12.3. The highest BCUT2D eigenvalue weighted by Crippen LogP contribution is 2.36. The zero-order chi connectivity index (χ0) is 20.6. The first-order valence-electron chi connectivity index (χ1n) is 9.53. The number of carbonyl (C=O) groups excluding carboxylic acids is 1. The van der Waals surface area contributed by atoms with E-state index in [1.165, 1.54) is 17.1 Å². The fraction of sp³-hybridized carbons (Fsp3) is 0.333. The van der Waals surface area contributed by atoms with E-state index in [0.717, 1.165) is 25.2 Å². The van der Waals surface area contributed by atoms with E-state index in [1.807, 2.05) is 18.3 Å². The summed E-state index contributed by atoms with van der Waals surface area (Å²) in [5, 5.41) is 16.1. The summed E-state index contributed by atoms with van der Waals surface area (Å²) in [5.41, 5.74) is 3.10. The number of carboxylic acid groups (broad SMARTS) is 1. The lowest BCUT2D eigenvalue weighted by atomic mass is 9.82. The third-order valence-corrected chi connectivity index (χ3v) is 5.58. The van der Waals surface area contributed by atoms with Crippen LogP contribution in [-0.4, -0.2) is 51.7 Å². The van der Waals surface area contributed by atoms with Crippen LogP contribution >= 0.6 is 0 Å². The predicted molar refractivity (Wildman–Crippen MR) is 108 cm³/mol. The third-order valence-electron chi connectivity index (χ3n) is 5.58. The molecule has 0 unspecified atom stereocenters. The van der Waals surface area contributed by atoms with Gasteiger partial charge in [-0.25, -0.2) is 9.50 Å². The quantitative estimate of drug-likeness (QED) is 0.687. The number of carbonyl (C=O) groups is 2. The van der Waals surface area contributed by atoms with Gasteiger partial charge in [-0.1, -0.05) is 37.3 Å². The van der Waals surface area contributed by atoms with Crippen LogP contribution in [0.4, 0.5) is 5.69 Å². The molecule has 0 bridgehead atoms. The molecule has 29 heavy (non-hydrogen) atoms. The highest BCUT2D eigenvalue weighted by molar-refractivity contribution is 5.91. The third kappa shape index (κ3) is 3.53. The van der Waals surface area contributed by atoms with Crippen molar-refractivity contribution < 1.29 is 14.7 Å². The highest BCUT2D eigenvalue weighted by Gasteiger charge is 2.35. The van der Waals surface area contributed by atoms with E-state index in [2.05, 4.69) is 51.5 Å². The van der Waals surface area contributed by atoms with Crippen LogP contribution in [0.3, 0.4) is 0 Å². The van der Waals surface area contributed by atoms with E-state index in [-0.39, 0.29) is 17.7 Å². The maximum atomic E-state index is 11.9. The smallest absolute Gasteiger partial charge is 0.307 e. The molecule has 0 saturated carbocycles. The summed E-state index contributed by atoms with van der Waals surface area (Å²) in [4.78, 5) is 29.8. The average molecular weight is 393 g/mol.